The van der Waals surface area contributed by atoms with Crippen molar-refractivity contribution in [1.82, 2.24) is 0 Å². The fraction of sp³-hybridized carbons (Fsp3) is 0.273. The van der Waals surface area contributed by atoms with Crippen LogP contribution in [0.4, 0.5) is 4.39 Å². The van der Waals surface area contributed by atoms with E-state index in [0.717, 1.165) is 6.07 Å². The molecule has 86 valence electrons. The fourth-order valence-electron chi connectivity index (χ4n) is 1.12. The third-order valence-electron chi connectivity index (χ3n) is 1.75. The molecule has 0 atom stereocenters. The number of Topliss-reactive ketones (excluding diaryl/α,β-unsaturated/α-hetero) is 1. The molecule has 0 fully saturated rings. The van der Waals surface area contributed by atoms with Crippen LogP contribution in [-0.4, -0.2) is 23.0 Å². The number of rotatable bonds is 4. The van der Waals surface area contributed by atoms with Crippen molar-refractivity contribution < 1.29 is 23.8 Å². The summed E-state index contributed by atoms with van der Waals surface area (Å²) in [6, 6.07) is 3.32. The Bertz CT molecular complexity index is 426. The molecule has 0 unspecified atom stereocenters. The van der Waals surface area contributed by atoms with Crippen LogP contribution in [0.5, 0.6) is 5.75 Å². The number of carboxylic acids is 1. The number of benzene rings is 1. The lowest BCUT2D eigenvalue weighted by atomic mass is 10.1. The molecule has 1 rings (SSSR count). The Hall–Kier alpha value is -1.91. The van der Waals surface area contributed by atoms with E-state index in [-0.39, 0.29) is 17.4 Å². The average molecular weight is 226 g/mol. The van der Waals surface area contributed by atoms with E-state index < -0.39 is 17.6 Å². The molecule has 1 aromatic carbocycles. The van der Waals surface area contributed by atoms with Gasteiger partial charge in [-0.1, -0.05) is 0 Å². The molecular weight excluding hydrogens is 215 g/mol. The summed E-state index contributed by atoms with van der Waals surface area (Å²) in [5.41, 5.74) is -0.207. The Balaban J connectivity index is 2.99. The highest BCUT2D eigenvalue weighted by atomic mass is 19.1. The maximum absolute atomic E-state index is 13.4. The molecule has 4 nitrogen and oxygen atoms in total. The van der Waals surface area contributed by atoms with Crippen LogP contribution in [0.25, 0.3) is 0 Å². The van der Waals surface area contributed by atoms with Gasteiger partial charge in [0, 0.05) is 5.56 Å². The Kier molecular flexibility index (Phi) is 3.60. The third kappa shape index (κ3) is 2.79. The highest BCUT2D eigenvalue weighted by molar-refractivity contribution is 6.39. The lowest BCUT2D eigenvalue weighted by Gasteiger charge is -2.10. The third-order valence-corrected chi connectivity index (χ3v) is 1.75. The van der Waals surface area contributed by atoms with Gasteiger partial charge in [-0.3, -0.25) is 4.79 Å². The van der Waals surface area contributed by atoms with Crippen molar-refractivity contribution in [1.29, 1.82) is 0 Å². The molecule has 0 aliphatic carbocycles. The van der Waals surface area contributed by atoms with Crippen LogP contribution in [0.15, 0.2) is 18.2 Å². The first-order valence-corrected chi connectivity index (χ1v) is 4.65. The number of aliphatic carboxylic acids is 1. The van der Waals surface area contributed by atoms with E-state index in [0.29, 0.717) is 0 Å². The zero-order chi connectivity index (χ0) is 12.3. The Morgan fingerprint density at radius 3 is 2.44 bits per heavy atom. The fourth-order valence-corrected chi connectivity index (χ4v) is 1.12. The van der Waals surface area contributed by atoms with Crippen molar-refractivity contribution in [3.8, 4) is 5.75 Å². The van der Waals surface area contributed by atoms with Gasteiger partial charge < -0.3 is 9.84 Å². The smallest absolute Gasteiger partial charge is 0.377 e. The van der Waals surface area contributed by atoms with Crippen LogP contribution >= 0.6 is 0 Å². The lowest BCUT2D eigenvalue weighted by molar-refractivity contribution is -0.131. The molecule has 16 heavy (non-hydrogen) atoms. The Morgan fingerprint density at radius 2 is 2.00 bits per heavy atom. The maximum atomic E-state index is 13.4. The van der Waals surface area contributed by atoms with Crippen molar-refractivity contribution in [2.75, 3.05) is 0 Å². The second-order valence-corrected chi connectivity index (χ2v) is 3.45. The number of carbonyl (C=O) groups excluding carboxylic acids is 1. The molecule has 1 aromatic rings. The van der Waals surface area contributed by atoms with E-state index in [9.17, 15) is 14.0 Å². The maximum Gasteiger partial charge on any atom is 0.377 e. The van der Waals surface area contributed by atoms with Crippen molar-refractivity contribution in [3.05, 3.63) is 29.6 Å². The largest absolute Gasteiger partial charge is 0.488 e. The second kappa shape index (κ2) is 4.74. The molecule has 0 saturated heterocycles. The molecule has 0 radical (unpaired) electrons. The first kappa shape index (κ1) is 12.2. The van der Waals surface area contributed by atoms with Gasteiger partial charge in [0.25, 0.3) is 5.78 Å². The van der Waals surface area contributed by atoms with Crippen molar-refractivity contribution in [2.24, 2.45) is 0 Å². The summed E-state index contributed by atoms with van der Waals surface area (Å²) in [4.78, 5) is 21.4. The normalized spacial score (nSPS) is 10.2. The summed E-state index contributed by atoms with van der Waals surface area (Å²) in [5.74, 6) is -3.51. The van der Waals surface area contributed by atoms with Crippen LogP contribution in [0.3, 0.4) is 0 Å². The van der Waals surface area contributed by atoms with E-state index in [1.54, 1.807) is 13.8 Å². The molecule has 0 aliphatic heterocycles. The summed E-state index contributed by atoms with van der Waals surface area (Å²) in [6.07, 6.45) is -0.199. The number of hydrogen-bond donors (Lipinski definition) is 1. The number of carboxylic acid groups (broad SMARTS) is 1. The standard InChI is InChI=1S/C11H11FO4/c1-6(2)16-9-4-3-7(5-8(9)12)10(13)11(14)15/h3-6H,1-2H3,(H,14,15). The summed E-state index contributed by atoms with van der Waals surface area (Å²) < 4.78 is 18.5. The van der Waals surface area contributed by atoms with Gasteiger partial charge in [-0.15, -0.1) is 0 Å². The van der Waals surface area contributed by atoms with Crippen LogP contribution in [0.1, 0.15) is 24.2 Å². The topological polar surface area (TPSA) is 63.6 Å². The van der Waals surface area contributed by atoms with Crippen LogP contribution in [0.2, 0.25) is 0 Å². The summed E-state index contributed by atoms with van der Waals surface area (Å²) in [6.45, 7) is 3.46. The van der Waals surface area contributed by atoms with E-state index in [2.05, 4.69) is 0 Å². The molecule has 1 N–H and O–H groups in total. The lowest BCUT2D eigenvalue weighted by Crippen LogP contribution is -2.13. The van der Waals surface area contributed by atoms with Gasteiger partial charge in [0.1, 0.15) is 0 Å². The van der Waals surface area contributed by atoms with E-state index in [4.69, 9.17) is 9.84 Å². The molecule has 5 heteroatoms. The van der Waals surface area contributed by atoms with Gasteiger partial charge >= 0.3 is 5.97 Å². The van der Waals surface area contributed by atoms with Gasteiger partial charge in [0.2, 0.25) is 0 Å². The first-order valence-electron chi connectivity index (χ1n) is 4.65. The molecular formula is C11H11FO4. The summed E-state index contributed by atoms with van der Waals surface area (Å²) in [5, 5.41) is 8.44. The van der Waals surface area contributed by atoms with Crippen molar-refractivity contribution in [2.45, 2.75) is 20.0 Å². The predicted molar refractivity (Wildman–Crippen MR) is 54.1 cm³/mol. The second-order valence-electron chi connectivity index (χ2n) is 3.45. The van der Waals surface area contributed by atoms with Gasteiger partial charge in [-0.25, -0.2) is 9.18 Å². The average Bonchev–Trinajstić information content (AvgIpc) is 2.19. The summed E-state index contributed by atoms with van der Waals surface area (Å²) in [7, 11) is 0. The summed E-state index contributed by atoms with van der Waals surface area (Å²) >= 11 is 0. The molecule has 0 aromatic heterocycles. The van der Waals surface area contributed by atoms with Crippen molar-refractivity contribution >= 4 is 11.8 Å². The van der Waals surface area contributed by atoms with Crippen molar-refractivity contribution in [3.63, 3.8) is 0 Å². The van der Waals surface area contributed by atoms with Gasteiger partial charge in [0.05, 0.1) is 6.10 Å². The van der Waals surface area contributed by atoms with Gasteiger partial charge in [0.15, 0.2) is 11.6 Å². The first-order chi connectivity index (χ1) is 7.41. The minimum absolute atomic E-state index is 0.00283. The number of carbonyl (C=O) groups is 2. The van der Waals surface area contributed by atoms with Crippen LogP contribution < -0.4 is 4.74 Å². The quantitative estimate of drug-likeness (QED) is 0.628. The molecule has 0 bridgehead atoms. The number of halogens is 1. The Labute approximate surface area is 91.7 Å². The number of ether oxygens (including phenoxy) is 1. The van der Waals surface area contributed by atoms with Gasteiger partial charge in [-0.05, 0) is 32.0 Å². The zero-order valence-electron chi connectivity index (χ0n) is 8.86. The predicted octanol–water partition coefficient (Wildman–Crippen LogP) is 1.88. The molecule has 0 amide bonds. The minimum Gasteiger partial charge on any atom is -0.488 e. The van der Waals surface area contributed by atoms with Gasteiger partial charge in [-0.2, -0.15) is 0 Å². The van der Waals surface area contributed by atoms with Crippen LogP contribution in [0, 0.1) is 5.82 Å². The van der Waals surface area contributed by atoms with E-state index in [1.165, 1.54) is 12.1 Å². The SMILES string of the molecule is CC(C)Oc1ccc(C(=O)C(=O)O)cc1F. The number of hydrogen-bond acceptors (Lipinski definition) is 3. The molecule has 0 heterocycles. The molecule has 0 spiro atoms. The minimum atomic E-state index is -1.61. The van der Waals surface area contributed by atoms with E-state index in [1.807, 2.05) is 0 Å². The van der Waals surface area contributed by atoms with Crippen LogP contribution in [-0.2, 0) is 4.79 Å². The highest BCUT2D eigenvalue weighted by Gasteiger charge is 2.16. The molecule has 0 saturated carbocycles. The monoisotopic (exact) mass is 226 g/mol. The molecule has 0 aliphatic rings. The highest BCUT2D eigenvalue weighted by Crippen LogP contribution is 2.19. The number of ketones is 1. The zero-order valence-corrected chi connectivity index (χ0v) is 8.86. The Morgan fingerprint density at radius 1 is 1.38 bits per heavy atom. The van der Waals surface area contributed by atoms with E-state index >= 15 is 0 Å².